The molecular weight excluding hydrogens is 320 g/mol. The van der Waals surface area contributed by atoms with Crippen LogP contribution in [0, 0.1) is 0 Å². The van der Waals surface area contributed by atoms with Gasteiger partial charge in [-0.3, -0.25) is 4.90 Å². The van der Waals surface area contributed by atoms with Crippen LogP contribution in [0.1, 0.15) is 24.1 Å². The number of aromatic nitrogens is 2. The van der Waals surface area contributed by atoms with Crippen LogP contribution in [0.25, 0.3) is 0 Å². The van der Waals surface area contributed by atoms with Gasteiger partial charge in [0.15, 0.2) is 0 Å². The van der Waals surface area contributed by atoms with Gasteiger partial charge in [0.05, 0.1) is 12.2 Å². The van der Waals surface area contributed by atoms with Gasteiger partial charge in [0.25, 0.3) is 0 Å². The van der Waals surface area contributed by atoms with Crippen molar-refractivity contribution in [1.82, 2.24) is 14.9 Å². The first-order valence-corrected chi connectivity index (χ1v) is 9.51. The van der Waals surface area contributed by atoms with E-state index in [1.807, 2.05) is 29.8 Å². The highest BCUT2D eigenvalue weighted by molar-refractivity contribution is 7.09. The molecule has 0 radical (unpaired) electrons. The van der Waals surface area contributed by atoms with Crippen LogP contribution in [0.4, 0.5) is 5.95 Å². The fourth-order valence-electron chi connectivity index (χ4n) is 3.80. The molecule has 0 unspecified atom stereocenters. The van der Waals surface area contributed by atoms with Crippen molar-refractivity contribution >= 4 is 17.3 Å². The zero-order valence-electron chi connectivity index (χ0n) is 14.1. The Balaban J connectivity index is 1.33. The molecule has 2 saturated heterocycles. The highest BCUT2D eigenvalue weighted by atomic mass is 32.1. The molecule has 4 heterocycles. The van der Waals surface area contributed by atoms with Gasteiger partial charge in [-0.1, -0.05) is 6.07 Å². The number of piperidine rings is 1. The van der Waals surface area contributed by atoms with E-state index in [1.54, 1.807) is 0 Å². The van der Waals surface area contributed by atoms with E-state index < -0.39 is 0 Å². The molecule has 1 atom stereocenters. The molecule has 2 fully saturated rings. The molecule has 2 aliphatic heterocycles. The largest absolute Gasteiger partial charge is 0.373 e. The zero-order chi connectivity index (χ0) is 16.4. The van der Waals surface area contributed by atoms with E-state index in [0.717, 1.165) is 51.5 Å². The minimum absolute atomic E-state index is 0.0552. The normalized spacial score (nSPS) is 23.2. The molecule has 2 aromatic rings. The minimum atomic E-state index is 0.0552. The van der Waals surface area contributed by atoms with Crippen molar-refractivity contribution in [3.05, 3.63) is 40.8 Å². The van der Waals surface area contributed by atoms with Gasteiger partial charge in [0, 0.05) is 42.9 Å². The van der Waals surface area contributed by atoms with Gasteiger partial charge in [-0.25, -0.2) is 9.97 Å². The number of rotatable bonds is 4. The molecule has 0 N–H and O–H groups in total. The summed E-state index contributed by atoms with van der Waals surface area (Å²) >= 11 is 1.83. The second kappa shape index (κ2) is 6.78. The first kappa shape index (κ1) is 16.0. The Morgan fingerprint density at radius 2 is 2.08 bits per heavy atom. The maximum absolute atomic E-state index is 6.31. The van der Waals surface area contributed by atoms with Gasteiger partial charge in [0.1, 0.15) is 0 Å². The fourth-order valence-corrected chi connectivity index (χ4v) is 4.57. The zero-order valence-corrected chi connectivity index (χ0v) is 14.9. The van der Waals surface area contributed by atoms with Crippen molar-refractivity contribution in [2.24, 2.45) is 0 Å². The van der Waals surface area contributed by atoms with Crippen molar-refractivity contribution in [2.75, 3.05) is 31.6 Å². The summed E-state index contributed by atoms with van der Waals surface area (Å²) in [5.74, 6) is 0.844. The van der Waals surface area contributed by atoms with Crippen molar-refractivity contribution in [2.45, 2.75) is 37.5 Å². The van der Waals surface area contributed by atoms with Crippen LogP contribution in [0.3, 0.4) is 0 Å². The second-order valence-corrected chi connectivity index (χ2v) is 7.91. The number of anilines is 1. The van der Waals surface area contributed by atoms with Crippen molar-refractivity contribution in [1.29, 1.82) is 0 Å². The lowest BCUT2D eigenvalue weighted by molar-refractivity contribution is -0.0159. The van der Waals surface area contributed by atoms with Gasteiger partial charge in [-0.2, -0.15) is 0 Å². The molecule has 128 valence electrons. The summed E-state index contributed by atoms with van der Waals surface area (Å²) in [5, 5.41) is 2.15. The first-order chi connectivity index (χ1) is 11.7. The Morgan fingerprint density at radius 1 is 1.29 bits per heavy atom. The molecule has 24 heavy (non-hydrogen) atoms. The van der Waals surface area contributed by atoms with Crippen molar-refractivity contribution in [3.8, 4) is 0 Å². The third-order valence-electron chi connectivity index (χ3n) is 5.31. The van der Waals surface area contributed by atoms with Crippen LogP contribution in [-0.2, 0) is 11.3 Å². The highest BCUT2D eigenvalue weighted by Crippen LogP contribution is 2.38. The minimum Gasteiger partial charge on any atom is -0.373 e. The van der Waals surface area contributed by atoms with Gasteiger partial charge >= 0.3 is 0 Å². The Labute approximate surface area is 147 Å². The van der Waals surface area contributed by atoms with E-state index in [4.69, 9.17) is 4.74 Å². The Hall–Kier alpha value is -1.50. The van der Waals surface area contributed by atoms with E-state index in [9.17, 15) is 0 Å². The number of likely N-dealkylation sites (N-methyl/N-ethyl adjacent to an activating group) is 1. The predicted octanol–water partition coefficient (Wildman–Crippen LogP) is 2.80. The molecule has 0 saturated carbocycles. The van der Waals surface area contributed by atoms with Crippen LogP contribution in [-0.4, -0.2) is 53.3 Å². The molecule has 4 rings (SSSR count). The van der Waals surface area contributed by atoms with Gasteiger partial charge in [0.2, 0.25) is 5.95 Å². The first-order valence-electron chi connectivity index (χ1n) is 8.63. The summed E-state index contributed by atoms with van der Waals surface area (Å²) in [6.45, 7) is 3.83. The smallest absolute Gasteiger partial charge is 0.225 e. The third kappa shape index (κ3) is 3.31. The van der Waals surface area contributed by atoms with Gasteiger partial charge < -0.3 is 9.64 Å². The summed E-state index contributed by atoms with van der Waals surface area (Å²) in [5.41, 5.74) is 0.0552. The number of thiophene rings is 1. The average Bonchev–Trinajstić information content (AvgIpc) is 3.27. The highest BCUT2D eigenvalue weighted by Gasteiger charge is 2.44. The molecule has 2 aliphatic rings. The number of hydrogen-bond acceptors (Lipinski definition) is 6. The van der Waals surface area contributed by atoms with E-state index in [0.29, 0.717) is 6.04 Å². The van der Waals surface area contributed by atoms with Crippen molar-refractivity contribution in [3.63, 3.8) is 0 Å². The van der Waals surface area contributed by atoms with E-state index >= 15 is 0 Å². The number of hydrogen-bond donors (Lipinski definition) is 0. The fraction of sp³-hybridized carbons (Fsp3) is 0.556. The standard InChI is InChI=1S/C18H24N4OS/c1-21(13-16-4-2-11-24-16)15-12-18(23-14-15)5-9-22(10-6-18)17-19-7-3-8-20-17/h2-4,7-8,11,15H,5-6,9-10,12-14H2,1H3/t15-/m1/s1. The number of ether oxygens (including phenoxy) is 1. The summed E-state index contributed by atoms with van der Waals surface area (Å²) in [6.07, 6.45) is 6.89. The van der Waals surface area contributed by atoms with Crippen LogP contribution in [0.15, 0.2) is 36.0 Å². The van der Waals surface area contributed by atoms with Crippen LogP contribution < -0.4 is 4.90 Å². The molecule has 0 aromatic carbocycles. The topological polar surface area (TPSA) is 41.5 Å². The quantitative estimate of drug-likeness (QED) is 0.853. The SMILES string of the molecule is CN(Cc1cccs1)[C@H]1COC2(CCN(c3ncccn3)CC2)C1. The lowest BCUT2D eigenvalue weighted by Crippen LogP contribution is -2.45. The van der Waals surface area contributed by atoms with E-state index in [-0.39, 0.29) is 5.60 Å². The van der Waals surface area contributed by atoms with E-state index in [1.165, 1.54) is 4.88 Å². The van der Waals surface area contributed by atoms with Crippen LogP contribution in [0.2, 0.25) is 0 Å². The second-order valence-electron chi connectivity index (χ2n) is 6.88. The summed E-state index contributed by atoms with van der Waals surface area (Å²) in [7, 11) is 2.22. The van der Waals surface area contributed by atoms with Crippen LogP contribution >= 0.6 is 11.3 Å². The van der Waals surface area contributed by atoms with E-state index in [2.05, 4.69) is 44.3 Å². The predicted molar refractivity (Wildman–Crippen MR) is 96.4 cm³/mol. The maximum atomic E-state index is 6.31. The lowest BCUT2D eigenvalue weighted by atomic mass is 9.87. The molecule has 0 bridgehead atoms. The molecule has 0 aliphatic carbocycles. The molecule has 0 amide bonds. The van der Waals surface area contributed by atoms with Gasteiger partial charge in [-0.05, 0) is 43.8 Å². The van der Waals surface area contributed by atoms with Crippen LogP contribution in [0.5, 0.6) is 0 Å². The van der Waals surface area contributed by atoms with Gasteiger partial charge in [-0.15, -0.1) is 11.3 Å². The third-order valence-corrected chi connectivity index (χ3v) is 6.17. The summed E-state index contributed by atoms with van der Waals surface area (Å²) in [4.78, 5) is 14.9. The molecule has 2 aromatic heterocycles. The monoisotopic (exact) mass is 344 g/mol. The molecule has 5 nitrogen and oxygen atoms in total. The molecule has 1 spiro atoms. The molecular formula is C18H24N4OS. The maximum Gasteiger partial charge on any atom is 0.225 e. The Bertz CT molecular complexity index is 640. The lowest BCUT2D eigenvalue weighted by Gasteiger charge is -2.38. The molecule has 6 heteroatoms. The Kier molecular flexibility index (Phi) is 4.52. The van der Waals surface area contributed by atoms with Crippen molar-refractivity contribution < 1.29 is 4.74 Å². The number of nitrogens with zero attached hydrogens (tertiary/aromatic N) is 4. The summed E-state index contributed by atoms with van der Waals surface area (Å²) < 4.78 is 6.31. The average molecular weight is 344 g/mol. The Morgan fingerprint density at radius 3 is 2.79 bits per heavy atom. The summed E-state index contributed by atoms with van der Waals surface area (Å²) in [6, 6.07) is 6.72.